The molecule has 2 rings (SSSR count). The summed E-state index contributed by atoms with van der Waals surface area (Å²) < 4.78 is 12.1. The van der Waals surface area contributed by atoms with Crippen LogP contribution in [0.5, 0.6) is 17.2 Å². The molecule has 2 aromatic carbocycles. The van der Waals surface area contributed by atoms with Crippen molar-refractivity contribution in [3.8, 4) is 17.2 Å². The zero-order valence-electron chi connectivity index (χ0n) is 10.6. The molecular weight excluding hydrogens is 308 g/mol. The molecule has 100 valence electrons. The number of rotatable bonds is 5. The number of benzene rings is 2. The van der Waals surface area contributed by atoms with E-state index in [0.29, 0.717) is 23.9 Å². The maximum atomic E-state index is 9.08. The Bertz CT molecular complexity index is 555. The summed E-state index contributed by atoms with van der Waals surface area (Å²) in [7, 11) is 0. The van der Waals surface area contributed by atoms with Gasteiger partial charge in [-0.25, -0.2) is 0 Å². The van der Waals surface area contributed by atoms with E-state index < -0.39 is 0 Å². The van der Waals surface area contributed by atoms with Crippen LogP contribution in [-0.2, 0) is 6.61 Å². The molecule has 0 aliphatic heterocycles. The summed E-state index contributed by atoms with van der Waals surface area (Å²) in [5.74, 6) is 2.06. The van der Waals surface area contributed by atoms with Crippen LogP contribution in [0.1, 0.15) is 12.5 Å². The lowest BCUT2D eigenvalue weighted by atomic mass is 10.2. The van der Waals surface area contributed by atoms with Gasteiger partial charge in [0, 0.05) is 0 Å². The lowest BCUT2D eigenvalue weighted by molar-refractivity contribution is 0.281. The second kappa shape index (κ2) is 6.59. The average Bonchev–Trinajstić information content (AvgIpc) is 2.43. The molecule has 0 radical (unpaired) electrons. The molecule has 0 aliphatic carbocycles. The largest absolute Gasteiger partial charge is 0.490 e. The highest BCUT2D eigenvalue weighted by Gasteiger charge is 2.08. The van der Waals surface area contributed by atoms with Crippen LogP contribution in [0.4, 0.5) is 0 Å². The highest BCUT2D eigenvalue weighted by molar-refractivity contribution is 9.10. The first kappa shape index (κ1) is 13.9. The van der Waals surface area contributed by atoms with Crippen molar-refractivity contribution >= 4 is 15.9 Å². The molecule has 0 heterocycles. The fourth-order valence-electron chi connectivity index (χ4n) is 1.65. The quantitative estimate of drug-likeness (QED) is 0.899. The van der Waals surface area contributed by atoms with Gasteiger partial charge in [-0.1, -0.05) is 18.2 Å². The van der Waals surface area contributed by atoms with Crippen LogP contribution in [0.3, 0.4) is 0 Å². The predicted octanol–water partition coefficient (Wildman–Crippen LogP) is 4.13. The van der Waals surface area contributed by atoms with Crippen LogP contribution >= 0.6 is 15.9 Å². The number of para-hydroxylation sites is 2. The molecule has 0 aromatic heterocycles. The van der Waals surface area contributed by atoms with Gasteiger partial charge in [0.2, 0.25) is 0 Å². The molecule has 2 aromatic rings. The molecule has 4 heteroatoms. The molecule has 0 fully saturated rings. The van der Waals surface area contributed by atoms with E-state index >= 15 is 0 Å². The Kier molecular flexibility index (Phi) is 4.82. The van der Waals surface area contributed by atoms with Gasteiger partial charge in [-0.15, -0.1) is 0 Å². The first-order valence-electron chi connectivity index (χ1n) is 6.03. The number of aliphatic hydroxyl groups is 1. The van der Waals surface area contributed by atoms with Crippen LogP contribution in [-0.4, -0.2) is 11.7 Å². The minimum absolute atomic E-state index is 0.00835. The Morgan fingerprint density at radius 1 is 1.05 bits per heavy atom. The Labute approximate surface area is 120 Å². The summed E-state index contributed by atoms with van der Waals surface area (Å²) in [6, 6.07) is 13.0. The van der Waals surface area contributed by atoms with Gasteiger partial charge in [0.15, 0.2) is 11.5 Å². The number of ether oxygens (including phenoxy) is 2. The molecule has 0 saturated heterocycles. The summed E-state index contributed by atoms with van der Waals surface area (Å²) in [6.07, 6.45) is 0. The highest BCUT2D eigenvalue weighted by Crippen LogP contribution is 2.35. The van der Waals surface area contributed by atoms with Gasteiger partial charge in [0.1, 0.15) is 5.75 Å². The Morgan fingerprint density at radius 2 is 1.79 bits per heavy atom. The molecule has 19 heavy (non-hydrogen) atoms. The van der Waals surface area contributed by atoms with E-state index in [4.69, 9.17) is 14.6 Å². The predicted molar refractivity (Wildman–Crippen MR) is 77.7 cm³/mol. The molecule has 0 saturated carbocycles. The summed E-state index contributed by atoms with van der Waals surface area (Å²) in [4.78, 5) is 0. The van der Waals surface area contributed by atoms with E-state index in [1.54, 1.807) is 0 Å². The molecule has 0 atom stereocenters. The van der Waals surface area contributed by atoms with Gasteiger partial charge in [-0.3, -0.25) is 0 Å². The van der Waals surface area contributed by atoms with Crippen molar-refractivity contribution in [2.45, 2.75) is 13.5 Å². The minimum atomic E-state index is 0.00835. The standard InChI is InChI=1S/C15H15BrO3/c1-2-18-14-5-3-4-6-15(14)19-13-8-7-11(10-17)9-12(13)16/h3-9,17H,2,10H2,1H3. The van der Waals surface area contributed by atoms with Gasteiger partial charge in [-0.05, 0) is 52.7 Å². The summed E-state index contributed by atoms with van der Waals surface area (Å²) in [5, 5.41) is 9.08. The summed E-state index contributed by atoms with van der Waals surface area (Å²) in [5.41, 5.74) is 0.831. The lowest BCUT2D eigenvalue weighted by Gasteiger charge is -2.12. The van der Waals surface area contributed by atoms with E-state index in [-0.39, 0.29) is 6.61 Å². The van der Waals surface area contributed by atoms with Crippen LogP contribution < -0.4 is 9.47 Å². The van der Waals surface area contributed by atoms with E-state index in [2.05, 4.69) is 15.9 Å². The maximum Gasteiger partial charge on any atom is 0.169 e. The third-order valence-corrected chi connectivity index (χ3v) is 3.17. The first-order chi connectivity index (χ1) is 9.24. The molecule has 3 nitrogen and oxygen atoms in total. The van der Waals surface area contributed by atoms with Crippen LogP contribution in [0, 0.1) is 0 Å². The van der Waals surface area contributed by atoms with E-state index in [0.717, 1.165) is 10.0 Å². The van der Waals surface area contributed by atoms with Crippen molar-refractivity contribution in [2.24, 2.45) is 0 Å². The fourth-order valence-corrected chi connectivity index (χ4v) is 2.16. The number of halogens is 1. The molecule has 0 amide bonds. The Morgan fingerprint density at radius 3 is 2.42 bits per heavy atom. The Balaban J connectivity index is 2.26. The van der Waals surface area contributed by atoms with Crippen molar-refractivity contribution < 1.29 is 14.6 Å². The van der Waals surface area contributed by atoms with Gasteiger partial charge in [-0.2, -0.15) is 0 Å². The highest BCUT2D eigenvalue weighted by atomic mass is 79.9. The average molecular weight is 323 g/mol. The normalized spacial score (nSPS) is 10.3. The molecule has 1 N–H and O–H groups in total. The van der Waals surface area contributed by atoms with Crippen LogP contribution in [0.25, 0.3) is 0 Å². The van der Waals surface area contributed by atoms with Crippen molar-refractivity contribution in [1.82, 2.24) is 0 Å². The van der Waals surface area contributed by atoms with E-state index in [1.807, 2.05) is 49.4 Å². The second-order valence-electron chi connectivity index (χ2n) is 3.90. The smallest absolute Gasteiger partial charge is 0.169 e. The molecular formula is C15H15BrO3. The Hall–Kier alpha value is -1.52. The maximum absolute atomic E-state index is 9.08. The third kappa shape index (κ3) is 3.49. The minimum Gasteiger partial charge on any atom is -0.490 e. The first-order valence-corrected chi connectivity index (χ1v) is 6.83. The van der Waals surface area contributed by atoms with Crippen molar-refractivity contribution in [2.75, 3.05) is 6.61 Å². The van der Waals surface area contributed by atoms with Gasteiger partial charge in [0.05, 0.1) is 17.7 Å². The number of hydrogen-bond donors (Lipinski definition) is 1. The SMILES string of the molecule is CCOc1ccccc1Oc1ccc(CO)cc1Br. The molecule has 0 bridgehead atoms. The number of aliphatic hydroxyl groups excluding tert-OH is 1. The summed E-state index contributed by atoms with van der Waals surface area (Å²) in [6.45, 7) is 2.53. The molecule has 0 aliphatic rings. The number of hydrogen-bond acceptors (Lipinski definition) is 3. The molecule has 0 spiro atoms. The lowest BCUT2D eigenvalue weighted by Crippen LogP contribution is -1.95. The molecule has 0 unspecified atom stereocenters. The third-order valence-electron chi connectivity index (χ3n) is 2.55. The van der Waals surface area contributed by atoms with Crippen LogP contribution in [0.15, 0.2) is 46.9 Å². The van der Waals surface area contributed by atoms with Crippen molar-refractivity contribution in [1.29, 1.82) is 0 Å². The second-order valence-corrected chi connectivity index (χ2v) is 4.76. The zero-order valence-corrected chi connectivity index (χ0v) is 12.2. The monoisotopic (exact) mass is 322 g/mol. The van der Waals surface area contributed by atoms with E-state index in [1.165, 1.54) is 0 Å². The topological polar surface area (TPSA) is 38.7 Å². The van der Waals surface area contributed by atoms with Gasteiger partial charge in [0.25, 0.3) is 0 Å². The van der Waals surface area contributed by atoms with Gasteiger partial charge >= 0.3 is 0 Å². The fraction of sp³-hybridized carbons (Fsp3) is 0.200. The van der Waals surface area contributed by atoms with Crippen LogP contribution in [0.2, 0.25) is 0 Å². The van der Waals surface area contributed by atoms with Crippen molar-refractivity contribution in [3.63, 3.8) is 0 Å². The zero-order chi connectivity index (χ0) is 13.7. The summed E-state index contributed by atoms with van der Waals surface area (Å²) >= 11 is 3.43. The van der Waals surface area contributed by atoms with Gasteiger partial charge < -0.3 is 14.6 Å². The van der Waals surface area contributed by atoms with Crippen molar-refractivity contribution in [3.05, 3.63) is 52.5 Å². The van der Waals surface area contributed by atoms with E-state index in [9.17, 15) is 0 Å².